The highest BCUT2D eigenvalue weighted by molar-refractivity contribution is 5.37. The Kier molecular flexibility index (Phi) is 4.10. The molecule has 0 amide bonds. The molecule has 0 saturated carbocycles. The minimum atomic E-state index is -1.29. The van der Waals surface area contributed by atoms with E-state index in [9.17, 15) is 13.9 Å². The Labute approximate surface area is 120 Å². The number of alkyl halides is 1. The van der Waals surface area contributed by atoms with E-state index in [-0.39, 0.29) is 17.7 Å². The Morgan fingerprint density at radius 3 is 2.71 bits per heavy atom. The predicted octanol–water partition coefficient (Wildman–Crippen LogP) is 2.68. The number of aromatic nitrogens is 1. The van der Waals surface area contributed by atoms with Crippen molar-refractivity contribution in [2.75, 3.05) is 13.2 Å². The molecule has 2 heterocycles. The van der Waals surface area contributed by atoms with E-state index in [2.05, 4.69) is 4.98 Å². The second-order valence-electron chi connectivity index (χ2n) is 4.92. The van der Waals surface area contributed by atoms with Crippen molar-refractivity contribution in [3.8, 4) is 0 Å². The van der Waals surface area contributed by atoms with Gasteiger partial charge in [0.15, 0.2) is 6.29 Å². The number of ether oxygens (including phenoxy) is 2. The number of pyridine rings is 1. The van der Waals surface area contributed by atoms with Crippen molar-refractivity contribution >= 4 is 0 Å². The highest BCUT2D eigenvalue weighted by atomic mass is 19.1. The highest BCUT2D eigenvalue weighted by Gasteiger charge is 2.24. The average Bonchev–Trinajstić information content (AvgIpc) is 3.03. The van der Waals surface area contributed by atoms with E-state index in [0.717, 1.165) is 17.7 Å². The van der Waals surface area contributed by atoms with Gasteiger partial charge in [0.25, 0.3) is 0 Å². The molecule has 2 atom stereocenters. The minimum absolute atomic E-state index is 0.00915. The molecule has 1 aliphatic heterocycles. The van der Waals surface area contributed by atoms with Crippen molar-refractivity contribution in [1.29, 1.82) is 0 Å². The smallest absolute Gasteiger partial charge is 0.185 e. The van der Waals surface area contributed by atoms with Crippen molar-refractivity contribution in [2.45, 2.75) is 25.0 Å². The monoisotopic (exact) mass is 295 g/mol. The first-order valence-corrected chi connectivity index (χ1v) is 6.74. The maximum Gasteiger partial charge on any atom is 0.185 e. The van der Waals surface area contributed by atoms with Crippen LogP contribution in [0.3, 0.4) is 0 Å². The van der Waals surface area contributed by atoms with Gasteiger partial charge in [-0.2, -0.15) is 0 Å². The van der Waals surface area contributed by atoms with Crippen LogP contribution in [0.2, 0.25) is 0 Å². The van der Waals surface area contributed by atoms with Crippen LogP contribution in [0.1, 0.15) is 30.1 Å². The number of allylic oxidation sites excluding steroid dienone is 2. The normalized spacial score (nSPS) is 24.6. The van der Waals surface area contributed by atoms with Crippen LogP contribution in [0.15, 0.2) is 41.9 Å². The molecule has 1 aromatic rings. The molecule has 6 heteroatoms. The summed E-state index contributed by atoms with van der Waals surface area (Å²) in [4.78, 5) is 4.09. The lowest BCUT2D eigenvalue weighted by atomic mass is 9.97. The van der Waals surface area contributed by atoms with E-state index < -0.39 is 24.4 Å². The molecule has 1 fully saturated rings. The topological polar surface area (TPSA) is 51.6 Å². The van der Waals surface area contributed by atoms with Gasteiger partial charge in [-0.1, -0.05) is 6.07 Å². The fraction of sp³-hybridized carbons (Fsp3) is 0.400. The van der Waals surface area contributed by atoms with E-state index in [4.69, 9.17) is 9.47 Å². The molecule has 4 nitrogen and oxygen atoms in total. The molecule has 1 aliphatic carbocycles. The molecule has 2 aliphatic rings. The standard InChI is InChI=1S/C15H15F2NO3/c16-10-2-3-12(17)11(7-10)14(19)13-4-1-9(8-18-13)15-20-5-6-21-15/h1,3-4,7-8,10,14-15,19H,2,5-6H2. The van der Waals surface area contributed by atoms with E-state index in [1.807, 2.05) is 0 Å². The molecule has 0 spiro atoms. The van der Waals surface area contributed by atoms with Crippen molar-refractivity contribution in [3.63, 3.8) is 0 Å². The zero-order valence-electron chi connectivity index (χ0n) is 11.2. The molecule has 112 valence electrons. The molecule has 2 unspecified atom stereocenters. The van der Waals surface area contributed by atoms with E-state index in [0.29, 0.717) is 13.2 Å². The van der Waals surface area contributed by atoms with Crippen LogP contribution in [-0.2, 0) is 9.47 Å². The summed E-state index contributed by atoms with van der Waals surface area (Å²) in [5.74, 6) is -0.607. The van der Waals surface area contributed by atoms with Gasteiger partial charge in [0.05, 0.1) is 18.9 Å². The van der Waals surface area contributed by atoms with Crippen LogP contribution >= 0.6 is 0 Å². The predicted molar refractivity (Wildman–Crippen MR) is 70.6 cm³/mol. The summed E-state index contributed by atoms with van der Waals surface area (Å²) >= 11 is 0. The van der Waals surface area contributed by atoms with Crippen LogP contribution < -0.4 is 0 Å². The zero-order valence-corrected chi connectivity index (χ0v) is 11.2. The number of hydrogen-bond acceptors (Lipinski definition) is 4. The van der Waals surface area contributed by atoms with Gasteiger partial charge in [0.2, 0.25) is 0 Å². The maximum absolute atomic E-state index is 13.7. The number of aliphatic hydroxyl groups is 1. The highest BCUT2D eigenvalue weighted by Crippen LogP contribution is 2.32. The lowest BCUT2D eigenvalue weighted by Crippen LogP contribution is -2.11. The second kappa shape index (κ2) is 6.01. The lowest BCUT2D eigenvalue weighted by Gasteiger charge is -2.18. The van der Waals surface area contributed by atoms with Gasteiger partial charge >= 0.3 is 0 Å². The molecular weight excluding hydrogens is 280 g/mol. The van der Waals surface area contributed by atoms with Gasteiger partial charge in [-0.15, -0.1) is 0 Å². The Bertz CT molecular complexity index is 565. The lowest BCUT2D eigenvalue weighted by molar-refractivity contribution is -0.0443. The third-order valence-electron chi connectivity index (χ3n) is 3.44. The van der Waals surface area contributed by atoms with Gasteiger partial charge in [-0.3, -0.25) is 4.98 Å². The third-order valence-corrected chi connectivity index (χ3v) is 3.44. The fourth-order valence-electron chi connectivity index (χ4n) is 2.33. The molecule has 21 heavy (non-hydrogen) atoms. The second-order valence-corrected chi connectivity index (χ2v) is 4.92. The molecule has 0 radical (unpaired) electrons. The van der Waals surface area contributed by atoms with Gasteiger partial charge in [0.1, 0.15) is 18.1 Å². The first-order chi connectivity index (χ1) is 10.1. The number of hydrogen-bond donors (Lipinski definition) is 1. The summed E-state index contributed by atoms with van der Waals surface area (Å²) in [6, 6.07) is 3.25. The Morgan fingerprint density at radius 2 is 2.05 bits per heavy atom. The SMILES string of the molecule is OC(C1=CC(F)CC=C1F)c1ccc(C2OCCO2)cn1. The molecule has 1 saturated heterocycles. The van der Waals surface area contributed by atoms with Gasteiger partial charge in [0, 0.05) is 23.8 Å². The van der Waals surface area contributed by atoms with Crippen molar-refractivity contribution < 1.29 is 23.4 Å². The maximum atomic E-state index is 13.7. The first-order valence-electron chi connectivity index (χ1n) is 6.74. The molecule has 0 aromatic carbocycles. The summed E-state index contributed by atoms with van der Waals surface area (Å²) < 4.78 is 37.6. The molecule has 0 bridgehead atoms. The Morgan fingerprint density at radius 1 is 1.29 bits per heavy atom. The zero-order chi connectivity index (χ0) is 14.8. The number of aliphatic hydroxyl groups excluding tert-OH is 1. The Balaban J connectivity index is 1.78. The summed E-state index contributed by atoms with van der Waals surface area (Å²) in [6.45, 7) is 1.05. The van der Waals surface area contributed by atoms with Crippen LogP contribution in [0.25, 0.3) is 0 Å². The quantitative estimate of drug-likeness (QED) is 0.931. The number of halogens is 2. The first kappa shape index (κ1) is 14.3. The summed E-state index contributed by atoms with van der Waals surface area (Å²) in [5.41, 5.74) is 0.892. The van der Waals surface area contributed by atoms with E-state index in [1.165, 1.54) is 6.20 Å². The largest absolute Gasteiger partial charge is 0.382 e. The van der Waals surface area contributed by atoms with Crippen LogP contribution in [-0.4, -0.2) is 29.5 Å². The van der Waals surface area contributed by atoms with Crippen LogP contribution in [0.5, 0.6) is 0 Å². The van der Waals surface area contributed by atoms with E-state index in [1.54, 1.807) is 12.1 Å². The average molecular weight is 295 g/mol. The Hall–Kier alpha value is -1.63. The molecule has 3 rings (SSSR count). The number of nitrogens with zero attached hydrogens (tertiary/aromatic N) is 1. The minimum Gasteiger partial charge on any atom is -0.382 e. The molecule has 1 aromatic heterocycles. The van der Waals surface area contributed by atoms with Gasteiger partial charge in [-0.05, 0) is 18.2 Å². The van der Waals surface area contributed by atoms with Crippen LogP contribution in [0.4, 0.5) is 8.78 Å². The van der Waals surface area contributed by atoms with Gasteiger partial charge in [-0.25, -0.2) is 8.78 Å². The van der Waals surface area contributed by atoms with Crippen molar-refractivity contribution in [1.82, 2.24) is 4.98 Å². The van der Waals surface area contributed by atoms with Gasteiger partial charge < -0.3 is 14.6 Å². The number of rotatable bonds is 3. The summed E-state index contributed by atoms with van der Waals surface area (Å²) in [5, 5.41) is 10.1. The summed E-state index contributed by atoms with van der Waals surface area (Å²) in [7, 11) is 0. The molecular formula is C15H15F2NO3. The van der Waals surface area contributed by atoms with Crippen LogP contribution in [0, 0.1) is 0 Å². The summed E-state index contributed by atoms with van der Waals surface area (Å²) in [6.07, 6.45) is 0.700. The molecule has 1 N–H and O–H groups in total. The third kappa shape index (κ3) is 3.02. The van der Waals surface area contributed by atoms with E-state index >= 15 is 0 Å². The van der Waals surface area contributed by atoms with Crippen molar-refractivity contribution in [3.05, 3.63) is 53.1 Å². The fourth-order valence-corrected chi connectivity index (χ4v) is 2.33. The van der Waals surface area contributed by atoms with Crippen molar-refractivity contribution in [2.24, 2.45) is 0 Å².